The van der Waals surface area contributed by atoms with Gasteiger partial charge in [-0.05, 0) is 12.8 Å². The highest BCUT2D eigenvalue weighted by molar-refractivity contribution is 8.01. The average Bonchev–Trinajstić information content (AvgIpc) is 2.88. The van der Waals surface area contributed by atoms with Gasteiger partial charge in [0.05, 0.1) is 0 Å². The van der Waals surface area contributed by atoms with E-state index in [1.165, 1.54) is 32.1 Å². The normalized spacial score (nSPS) is 16.4. The van der Waals surface area contributed by atoms with Crippen molar-refractivity contribution in [1.29, 1.82) is 0 Å². The van der Waals surface area contributed by atoms with Crippen molar-refractivity contribution in [3.05, 3.63) is 11.8 Å². The smallest absolute Gasteiger partial charge is 0.212 e. The summed E-state index contributed by atoms with van der Waals surface area (Å²) in [6, 6.07) is 1.72. The van der Waals surface area contributed by atoms with Crippen LogP contribution < -0.4 is 5.32 Å². The lowest BCUT2D eigenvalue weighted by Gasteiger charge is -2.28. The molecule has 1 heterocycles. The first-order valence-electron chi connectivity index (χ1n) is 8.47. The SMILES string of the molecule is CC(C)(C)SC1CCCCC1.CC(C)(C)c1cc(NC=O)no1. The second-order valence-electron chi connectivity index (χ2n) is 8.08. The molecule has 0 bridgehead atoms. The van der Waals surface area contributed by atoms with Gasteiger partial charge in [0.25, 0.3) is 0 Å². The van der Waals surface area contributed by atoms with Crippen LogP contribution in [0, 0.1) is 0 Å². The molecule has 0 aromatic carbocycles. The quantitative estimate of drug-likeness (QED) is 0.749. The van der Waals surface area contributed by atoms with E-state index in [1.807, 2.05) is 20.8 Å². The van der Waals surface area contributed by atoms with Gasteiger partial charge in [0.1, 0.15) is 5.76 Å². The Labute approximate surface area is 145 Å². The molecule has 0 atom stereocenters. The maximum atomic E-state index is 10.0. The topological polar surface area (TPSA) is 55.1 Å². The zero-order valence-corrected chi connectivity index (χ0v) is 16.3. The molecule has 2 rings (SSSR count). The number of nitrogens with zero attached hydrogens (tertiary/aromatic N) is 1. The molecular formula is C18H32N2O2S. The van der Waals surface area contributed by atoms with Crippen LogP contribution in [0.1, 0.15) is 79.4 Å². The molecule has 1 aromatic rings. The summed E-state index contributed by atoms with van der Waals surface area (Å²) in [7, 11) is 0. The highest BCUT2D eigenvalue weighted by atomic mass is 32.2. The maximum absolute atomic E-state index is 10.0. The Morgan fingerprint density at radius 2 is 1.78 bits per heavy atom. The molecule has 1 amide bonds. The highest BCUT2D eigenvalue weighted by Gasteiger charge is 2.21. The Morgan fingerprint density at radius 1 is 1.17 bits per heavy atom. The number of thioether (sulfide) groups is 1. The molecule has 0 aliphatic heterocycles. The fraction of sp³-hybridized carbons (Fsp3) is 0.778. The summed E-state index contributed by atoms with van der Waals surface area (Å²) in [4.78, 5) is 10.0. The summed E-state index contributed by atoms with van der Waals surface area (Å²) in [5.41, 5.74) is -0.0736. The number of nitrogens with one attached hydrogen (secondary N) is 1. The van der Waals surface area contributed by atoms with Gasteiger partial charge in [0, 0.05) is 21.5 Å². The molecule has 0 saturated heterocycles. The molecule has 1 aliphatic carbocycles. The van der Waals surface area contributed by atoms with E-state index in [2.05, 4.69) is 43.0 Å². The Bertz CT molecular complexity index is 466. The largest absolute Gasteiger partial charge is 0.359 e. The van der Waals surface area contributed by atoms with Crippen molar-refractivity contribution in [2.45, 2.75) is 89.1 Å². The molecule has 0 radical (unpaired) electrons. The summed E-state index contributed by atoms with van der Waals surface area (Å²) in [6.45, 7) is 13.0. The van der Waals surface area contributed by atoms with Gasteiger partial charge >= 0.3 is 0 Å². The van der Waals surface area contributed by atoms with Gasteiger partial charge < -0.3 is 9.84 Å². The summed E-state index contributed by atoms with van der Waals surface area (Å²) in [5.74, 6) is 1.21. The molecule has 1 N–H and O–H groups in total. The number of aromatic nitrogens is 1. The van der Waals surface area contributed by atoms with E-state index in [4.69, 9.17) is 4.52 Å². The lowest BCUT2D eigenvalue weighted by Crippen LogP contribution is -2.17. The molecule has 1 fully saturated rings. The van der Waals surface area contributed by atoms with Gasteiger partial charge in [-0.25, -0.2) is 0 Å². The number of anilines is 1. The van der Waals surface area contributed by atoms with Crippen LogP contribution in [0.4, 0.5) is 5.82 Å². The van der Waals surface area contributed by atoms with Crippen molar-refractivity contribution in [1.82, 2.24) is 5.16 Å². The third-order valence-corrected chi connectivity index (χ3v) is 5.04. The zero-order chi connectivity index (χ0) is 17.5. The fourth-order valence-electron chi connectivity index (χ4n) is 2.44. The predicted molar refractivity (Wildman–Crippen MR) is 99.1 cm³/mol. The van der Waals surface area contributed by atoms with Crippen LogP contribution in [0.15, 0.2) is 10.6 Å². The number of hydrogen-bond donors (Lipinski definition) is 1. The van der Waals surface area contributed by atoms with Gasteiger partial charge in [-0.15, -0.1) is 0 Å². The molecule has 1 aliphatic rings. The minimum absolute atomic E-state index is 0.0736. The van der Waals surface area contributed by atoms with Crippen molar-refractivity contribution in [2.75, 3.05) is 5.32 Å². The minimum atomic E-state index is -0.0736. The van der Waals surface area contributed by atoms with Crippen LogP contribution in [0.5, 0.6) is 0 Å². The highest BCUT2D eigenvalue weighted by Crippen LogP contribution is 2.36. The van der Waals surface area contributed by atoms with Crippen LogP contribution >= 0.6 is 11.8 Å². The van der Waals surface area contributed by atoms with Gasteiger partial charge in [-0.3, -0.25) is 4.79 Å². The van der Waals surface area contributed by atoms with Crippen molar-refractivity contribution in [3.63, 3.8) is 0 Å². The third-order valence-electron chi connectivity index (χ3n) is 3.53. The summed E-state index contributed by atoms with van der Waals surface area (Å²) in [5, 5.41) is 7.03. The lowest BCUT2D eigenvalue weighted by atomic mass is 9.93. The van der Waals surface area contributed by atoms with E-state index in [9.17, 15) is 4.79 Å². The number of carbonyl (C=O) groups is 1. The molecule has 0 unspecified atom stereocenters. The monoisotopic (exact) mass is 340 g/mol. The zero-order valence-electron chi connectivity index (χ0n) is 15.4. The van der Waals surface area contributed by atoms with E-state index in [0.717, 1.165) is 11.0 Å². The van der Waals surface area contributed by atoms with Gasteiger partial charge in [0.2, 0.25) is 6.41 Å². The van der Waals surface area contributed by atoms with Gasteiger partial charge in [-0.2, -0.15) is 11.8 Å². The van der Waals surface area contributed by atoms with Crippen LogP contribution in [-0.4, -0.2) is 21.6 Å². The van der Waals surface area contributed by atoms with E-state index in [0.29, 0.717) is 17.0 Å². The molecule has 23 heavy (non-hydrogen) atoms. The van der Waals surface area contributed by atoms with Crippen LogP contribution in [0.25, 0.3) is 0 Å². The van der Waals surface area contributed by atoms with Crippen molar-refractivity contribution < 1.29 is 9.32 Å². The Balaban J connectivity index is 0.000000231. The first-order chi connectivity index (χ1) is 10.6. The van der Waals surface area contributed by atoms with Crippen LogP contribution in [-0.2, 0) is 10.2 Å². The molecule has 5 heteroatoms. The van der Waals surface area contributed by atoms with Crippen LogP contribution in [0.2, 0.25) is 0 Å². The predicted octanol–water partition coefficient (Wildman–Crippen LogP) is 5.39. The van der Waals surface area contributed by atoms with E-state index in [-0.39, 0.29) is 5.41 Å². The Morgan fingerprint density at radius 3 is 2.22 bits per heavy atom. The summed E-state index contributed by atoms with van der Waals surface area (Å²) in [6.07, 6.45) is 7.90. The second-order valence-corrected chi connectivity index (χ2v) is 10.2. The van der Waals surface area contributed by atoms with E-state index >= 15 is 0 Å². The summed E-state index contributed by atoms with van der Waals surface area (Å²) < 4.78 is 5.48. The molecule has 4 nitrogen and oxygen atoms in total. The van der Waals surface area contributed by atoms with Crippen LogP contribution in [0.3, 0.4) is 0 Å². The molecule has 132 valence electrons. The maximum Gasteiger partial charge on any atom is 0.212 e. The van der Waals surface area contributed by atoms with E-state index in [1.54, 1.807) is 6.07 Å². The average molecular weight is 341 g/mol. The first-order valence-corrected chi connectivity index (χ1v) is 9.35. The molecule has 0 spiro atoms. The van der Waals surface area contributed by atoms with Gasteiger partial charge in [-0.1, -0.05) is 66.0 Å². The Kier molecular flexibility index (Phi) is 7.65. The molecule has 1 saturated carbocycles. The van der Waals surface area contributed by atoms with E-state index < -0.39 is 0 Å². The second kappa shape index (κ2) is 8.76. The minimum Gasteiger partial charge on any atom is -0.359 e. The van der Waals surface area contributed by atoms with Crippen molar-refractivity contribution in [3.8, 4) is 0 Å². The Hall–Kier alpha value is -0.970. The number of carbonyl (C=O) groups excluding carboxylic acids is 1. The summed E-state index contributed by atoms with van der Waals surface area (Å²) >= 11 is 2.18. The lowest BCUT2D eigenvalue weighted by molar-refractivity contribution is -0.105. The molecule has 1 aromatic heterocycles. The van der Waals surface area contributed by atoms with Crippen molar-refractivity contribution >= 4 is 24.0 Å². The third kappa shape index (κ3) is 8.45. The number of amides is 1. The van der Waals surface area contributed by atoms with Gasteiger partial charge in [0.15, 0.2) is 5.82 Å². The first kappa shape index (κ1) is 20.1. The number of hydrogen-bond acceptors (Lipinski definition) is 4. The van der Waals surface area contributed by atoms with Crippen molar-refractivity contribution in [2.24, 2.45) is 0 Å². The fourth-order valence-corrected chi connectivity index (χ4v) is 4.01. The molecular weight excluding hydrogens is 308 g/mol. The standard InChI is InChI=1S/C10H20S.C8H12N2O2/c1-10(2,3)11-9-7-5-4-6-8-9;1-8(2,3)6-4-7(9-5-11)10-12-6/h9H,4-8H2,1-3H3;4-5H,1-3H3,(H,9,10,11). The number of rotatable bonds is 3.